The quantitative estimate of drug-likeness (QED) is 0.141. The van der Waals surface area contributed by atoms with Crippen LogP contribution in [0.4, 0.5) is 0 Å². The fourth-order valence-corrected chi connectivity index (χ4v) is 9.34. The van der Waals surface area contributed by atoms with Crippen LogP contribution < -0.4 is 4.74 Å². The summed E-state index contributed by atoms with van der Waals surface area (Å²) in [5.74, 6) is 2.13. The molecule has 0 aromatic heterocycles. The Morgan fingerprint density at radius 3 is 1.28 bits per heavy atom. The molecule has 1 heterocycles. The number of phenols is 3. The van der Waals surface area contributed by atoms with Gasteiger partial charge in [0, 0.05) is 0 Å². The number of hydrogen-bond acceptors (Lipinski definition) is 6. The van der Waals surface area contributed by atoms with Gasteiger partial charge in [0.25, 0.3) is 0 Å². The fourth-order valence-electron chi connectivity index (χ4n) is 4.93. The second kappa shape index (κ2) is 14.6. The van der Waals surface area contributed by atoms with E-state index in [9.17, 15) is 10.2 Å². The van der Waals surface area contributed by atoms with Crippen LogP contribution in [0.3, 0.4) is 0 Å². The molecule has 0 radical (unpaired) electrons. The normalized spacial score (nSPS) is 19.7. The molecule has 1 fully saturated rings. The molecule has 0 spiro atoms. The summed E-state index contributed by atoms with van der Waals surface area (Å²) in [5, 5.41) is 29.6. The van der Waals surface area contributed by atoms with Gasteiger partial charge in [-0.1, -0.05) is 18.2 Å². The van der Waals surface area contributed by atoms with Crippen molar-refractivity contribution in [1.82, 2.24) is 0 Å². The summed E-state index contributed by atoms with van der Waals surface area (Å²) < 4.78 is 15.7. The summed E-state index contributed by atoms with van der Waals surface area (Å²) in [4.78, 5) is 0.256. The van der Waals surface area contributed by atoms with Crippen molar-refractivity contribution >= 4 is 12.4 Å². The van der Waals surface area contributed by atoms with Crippen LogP contribution >= 0.6 is 0 Å². The zero-order valence-electron chi connectivity index (χ0n) is 25.4. The van der Waals surface area contributed by atoms with Gasteiger partial charge in [0.15, 0.2) is 0 Å². The van der Waals surface area contributed by atoms with Gasteiger partial charge in [-0.25, -0.2) is 0 Å². The van der Waals surface area contributed by atoms with E-state index < -0.39 is 13.0 Å². The zero-order chi connectivity index (χ0) is 32.5. The zero-order valence-corrected chi connectivity index (χ0v) is 26.4. The second-order valence-corrected chi connectivity index (χ2v) is 14.0. The first-order valence-corrected chi connectivity index (χ1v) is 17.1. The Bertz CT molecular complexity index is 1850. The van der Waals surface area contributed by atoms with Crippen LogP contribution in [-0.2, 0) is 13.0 Å². The average molecular weight is 666 g/mol. The Morgan fingerprint density at radius 2 is 0.830 bits per heavy atom. The van der Waals surface area contributed by atoms with E-state index in [-0.39, 0.29) is 27.0 Å². The van der Waals surface area contributed by atoms with Gasteiger partial charge in [0.05, 0.1) is 0 Å². The molecule has 0 bridgehead atoms. The number of rotatable bonds is 8. The van der Waals surface area contributed by atoms with Crippen molar-refractivity contribution < 1.29 is 33.1 Å². The minimum absolute atomic E-state index is 0.128. The van der Waals surface area contributed by atoms with Crippen LogP contribution in [0, 0.1) is 0 Å². The van der Waals surface area contributed by atoms with Gasteiger partial charge < -0.3 is 9.84 Å². The van der Waals surface area contributed by atoms with Gasteiger partial charge in [0.1, 0.15) is 17.2 Å². The molecule has 2 atom stereocenters. The Hall–Kier alpha value is -5.63. The summed E-state index contributed by atoms with van der Waals surface area (Å²) in [6.45, 7) is 0. The SMILES string of the molecule is Oc1ccc(Oc2ccccc2)cc1.Oc1ccccc1C=[N][Co]1([N]=Cc2ccccc2O)[CH](c2ccccc2)[CH]1c1ccccc1. The van der Waals surface area contributed by atoms with Gasteiger partial charge in [0.2, 0.25) is 0 Å². The monoisotopic (exact) mass is 665 g/mol. The molecule has 0 aliphatic carbocycles. The summed E-state index contributed by atoms with van der Waals surface area (Å²) in [7, 11) is 0. The second-order valence-electron chi connectivity index (χ2n) is 10.5. The summed E-state index contributed by atoms with van der Waals surface area (Å²) in [6.07, 6.45) is 3.51. The Kier molecular flexibility index (Phi) is 9.77. The molecular formula is C40H34CoN2O4. The molecule has 6 nitrogen and oxygen atoms in total. The molecular weight excluding hydrogens is 631 g/mol. The third-order valence-corrected chi connectivity index (χ3v) is 11.3. The van der Waals surface area contributed by atoms with E-state index in [0.717, 1.165) is 5.75 Å². The van der Waals surface area contributed by atoms with Crippen molar-refractivity contribution in [3.05, 3.63) is 186 Å². The first-order valence-electron chi connectivity index (χ1n) is 15.0. The average Bonchev–Trinajstić information content (AvgIpc) is 3.78. The van der Waals surface area contributed by atoms with Crippen LogP contribution in [-0.4, -0.2) is 27.7 Å². The summed E-state index contributed by atoms with van der Waals surface area (Å²) in [6, 6.07) is 51.3. The van der Waals surface area contributed by atoms with Gasteiger partial charge in [-0.15, -0.1) is 0 Å². The van der Waals surface area contributed by atoms with Gasteiger partial charge >= 0.3 is 196 Å². The number of nitrogens with zero attached hydrogens (tertiary/aromatic N) is 2. The van der Waals surface area contributed by atoms with Gasteiger partial charge in [-0.2, -0.15) is 0 Å². The number of para-hydroxylation sites is 3. The van der Waals surface area contributed by atoms with Crippen LogP contribution in [0.5, 0.6) is 28.7 Å². The molecule has 47 heavy (non-hydrogen) atoms. The number of aromatic hydroxyl groups is 3. The molecule has 1 aliphatic rings. The topological polar surface area (TPSA) is 94.6 Å². The van der Waals surface area contributed by atoms with Crippen molar-refractivity contribution in [1.29, 1.82) is 0 Å². The Morgan fingerprint density at radius 1 is 0.447 bits per heavy atom. The summed E-state index contributed by atoms with van der Waals surface area (Å²) in [5.41, 5.74) is 3.73. The number of benzene rings is 6. The molecule has 1 aliphatic heterocycles. The molecule has 6 aromatic rings. The number of ether oxygens (including phenoxy) is 1. The van der Waals surface area contributed by atoms with Gasteiger partial charge in [-0.05, 0) is 36.4 Å². The maximum absolute atomic E-state index is 10.3. The van der Waals surface area contributed by atoms with Crippen molar-refractivity contribution in [2.24, 2.45) is 8.08 Å². The predicted octanol–water partition coefficient (Wildman–Crippen LogP) is 9.30. The molecule has 7 heteroatoms. The van der Waals surface area contributed by atoms with Gasteiger partial charge in [-0.3, -0.25) is 0 Å². The van der Waals surface area contributed by atoms with E-state index in [4.69, 9.17) is 17.9 Å². The molecule has 0 saturated carbocycles. The van der Waals surface area contributed by atoms with E-state index in [0.29, 0.717) is 16.9 Å². The van der Waals surface area contributed by atoms with E-state index in [1.54, 1.807) is 61.0 Å². The first kappa shape index (κ1) is 31.4. The Labute approximate surface area is 277 Å². The van der Waals surface area contributed by atoms with Crippen LogP contribution in [0.25, 0.3) is 0 Å². The third-order valence-electron chi connectivity index (χ3n) is 7.32. The van der Waals surface area contributed by atoms with Crippen LogP contribution in [0.15, 0.2) is 172 Å². The fraction of sp³-hybridized carbons (Fsp3) is 0.0500. The van der Waals surface area contributed by atoms with Crippen molar-refractivity contribution in [2.45, 2.75) is 9.70 Å². The Balaban J connectivity index is 0.000000230. The molecule has 3 N–H and O–H groups in total. The van der Waals surface area contributed by atoms with E-state index in [1.807, 2.05) is 91.0 Å². The molecule has 6 aromatic carbocycles. The minimum atomic E-state index is -2.29. The molecule has 0 amide bonds. The predicted molar refractivity (Wildman–Crippen MR) is 184 cm³/mol. The molecule has 1 saturated heterocycles. The van der Waals surface area contributed by atoms with Crippen LogP contribution in [0.1, 0.15) is 32.0 Å². The van der Waals surface area contributed by atoms with E-state index in [2.05, 4.69) is 24.3 Å². The summed E-state index contributed by atoms with van der Waals surface area (Å²) >= 11 is -2.29. The molecule has 237 valence electrons. The first-order chi connectivity index (χ1) is 23.0. The van der Waals surface area contributed by atoms with E-state index >= 15 is 0 Å². The maximum atomic E-state index is 10.3. The van der Waals surface area contributed by atoms with Crippen molar-refractivity contribution in [3.63, 3.8) is 0 Å². The number of phenolic OH excluding ortho intramolecular Hbond substituents is 3. The number of hydrogen-bond donors (Lipinski definition) is 3. The van der Waals surface area contributed by atoms with Crippen molar-refractivity contribution in [2.75, 3.05) is 0 Å². The van der Waals surface area contributed by atoms with E-state index in [1.165, 1.54) is 11.1 Å². The van der Waals surface area contributed by atoms with Crippen LogP contribution in [0.2, 0.25) is 0 Å². The third kappa shape index (κ3) is 7.61. The van der Waals surface area contributed by atoms with Crippen molar-refractivity contribution in [3.8, 4) is 28.7 Å². The molecule has 2 unspecified atom stereocenters. The molecule has 7 rings (SSSR count). The standard InChI is InChI=1S/C14H12.C12H10O2.2C7H6NO.Co/c1-3-7-13(8-4-1)11-12-14-9-5-2-6-10-14;13-10-6-8-12(9-7-10)14-11-4-2-1-3-5-11;2*8-5-6-3-1-2-4-7(6)9;/h1-12H;1-9,13H;2*1-5,9H;/q;;2*-1;+2.